The van der Waals surface area contributed by atoms with Gasteiger partial charge in [0.2, 0.25) is 0 Å². The summed E-state index contributed by atoms with van der Waals surface area (Å²) in [5.41, 5.74) is 5.39. The Bertz CT molecular complexity index is 430. The number of aliphatic hydroxyl groups is 2. The van der Waals surface area contributed by atoms with Crippen molar-refractivity contribution in [2.45, 2.75) is 25.6 Å². The van der Waals surface area contributed by atoms with Crippen LogP contribution in [0.2, 0.25) is 5.15 Å². The number of carbonyl (C=O) groups is 1. The summed E-state index contributed by atoms with van der Waals surface area (Å²) in [5, 5.41) is 19.3. The normalized spacial score (nSPS) is 14.0. The lowest BCUT2D eigenvalue weighted by molar-refractivity contribution is -0.147. The minimum absolute atomic E-state index is 0.0208. The molecule has 18 heavy (non-hydrogen) atoms. The molecular formula is C10H14ClN3O4. The number of aromatic nitrogens is 2. The molecule has 0 fully saturated rings. The maximum atomic E-state index is 11.1. The second-order valence-corrected chi connectivity index (χ2v) is 3.85. The number of halogens is 1. The summed E-state index contributed by atoms with van der Waals surface area (Å²) in [6.45, 7) is 1.85. The number of aliphatic hydroxyl groups excluding tert-OH is 2. The molecule has 0 aliphatic rings. The van der Waals surface area contributed by atoms with Gasteiger partial charge in [-0.3, -0.25) is 4.79 Å². The van der Waals surface area contributed by atoms with Crippen molar-refractivity contribution in [2.75, 3.05) is 12.3 Å². The van der Waals surface area contributed by atoms with Crippen LogP contribution in [0, 0.1) is 0 Å². The van der Waals surface area contributed by atoms with Crippen LogP contribution in [0.5, 0.6) is 0 Å². The number of hydrogen-bond acceptors (Lipinski definition) is 7. The molecule has 1 aromatic rings. The molecule has 0 amide bonds. The summed E-state index contributed by atoms with van der Waals surface area (Å²) >= 11 is 5.64. The van der Waals surface area contributed by atoms with Crippen molar-refractivity contribution in [3.63, 3.8) is 0 Å². The maximum Gasteiger partial charge on any atom is 0.308 e. The summed E-state index contributed by atoms with van der Waals surface area (Å²) in [7, 11) is 0. The molecule has 0 saturated heterocycles. The number of nitrogens with two attached hydrogens (primary N) is 1. The maximum absolute atomic E-state index is 11.1. The fraction of sp³-hybridized carbons (Fsp3) is 0.500. The van der Waals surface area contributed by atoms with E-state index in [1.807, 2.05) is 0 Å². The molecule has 2 atom stereocenters. The molecule has 0 bridgehead atoms. The van der Waals surface area contributed by atoms with Gasteiger partial charge in [-0.25, -0.2) is 9.97 Å². The number of esters is 1. The van der Waals surface area contributed by atoms with Crippen molar-refractivity contribution < 1.29 is 19.7 Å². The van der Waals surface area contributed by atoms with E-state index in [0.29, 0.717) is 0 Å². The van der Waals surface area contributed by atoms with Gasteiger partial charge in [0.15, 0.2) is 11.0 Å². The van der Waals surface area contributed by atoms with Gasteiger partial charge < -0.3 is 20.7 Å². The monoisotopic (exact) mass is 275 g/mol. The van der Waals surface area contributed by atoms with Crippen LogP contribution in [0.15, 0.2) is 6.20 Å². The molecule has 2 unspecified atom stereocenters. The van der Waals surface area contributed by atoms with Crippen molar-refractivity contribution in [3.8, 4) is 0 Å². The van der Waals surface area contributed by atoms with E-state index >= 15 is 0 Å². The standard InChI is InChI=1S/C10H14ClN3O4/c1-2-18-7(16)3-6(15)8(17)5-4-13-10(12)9(11)14-5/h4,6,8,15,17H,2-3H2,1H3,(H2,12,13). The van der Waals surface area contributed by atoms with Crippen molar-refractivity contribution in [2.24, 2.45) is 0 Å². The first-order chi connectivity index (χ1) is 8.45. The Morgan fingerprint density at radius 2 is 2.28 bits per heavy atom. The van der Waals surface area contributed by atoms with Crippen molar-refractivity contribution in [3.05, 3.63) is 17.0 Å². The van der Waals surface area contributed by atoms with Gasteiger partial charge in [0.05, 0.1) is 31.0 Å². The zero-order valence-corrected chi connectivity index (χ0v) is 10.5. The highest BCUT2D eigenvalue weighted by atomic mass is 35.5. The van der Waals surface area contributed by atoms with Crippen LogP contribution in [0.25, 0.3) is 0 Å². The Balaban J connectivity index is 2.70. The highest BCUT2D eigenvalue weighted by Gasteiger charge is 2.24. The summed E-state index contributed by atoms with van der Waals surface area (Å²) in [6.07, 6.45) is -1.91. The Morgan fingerprint density at radius 3 is 2.83 bits per heavy atom. The van der Waals surface area contributed by atoms with Gasteiger partial charge in [-0.05, 0) is 6.92 Å². The van der Waals surface area contributed by atoms with Gasteiger partial charge in [0.1, 0.15) is 6.10 Å². The van der Waals surface area contributed by atoms with Crippen LogP contribution in [0.4, 0.5) is 5.82 Å². The van der Waals surface area contributed by atoms with Gasteiger partial charge in [0, 0.05) is 0 Å². The Kier molecular flexibility index (Phi) is 5.26. The molecule has 1 heterocycles. The topological polar surface area (TPSA) is 119 Å². The zero-order chi connectivity index (χ0) is 13.7. The molecule has 0 aliphatic carbocycles. The van der Waals surface area contributed by atoms with Gasteiger partial charge in [-0.1, -0.05) is 11.6 Å². The Morgan fingerprint density at radius 1 is 1.61 bits per heavy atom. The molecule has 0 aromatic carbocycles. The molecule has 0 spiro atoms. The molecule has 0 aliphatic heterocycles. The van der Waals surface area contributed by atoms with Crippen LogP contribution >= 0.6 is 11.6 Å². The molecule has 4 N–H and O–H groups in total. The van der Waals surface area contributed by atoms with E-state index in [9.17, 15) is 15.0 Å². The fourth-order valence-electron chi connectivity index (χ4n) is 1.23. The molecule has 8 heteroatoms. The van der Waals surface area contributed by atoms with Crippen LogP contribution in [0.3, 0.4) is 0 Å². The third-order valence-electron chi connectivity index (χ3n) is 2.12. The lowest BCUT2D eigenvalue weighted by atomic mass is 10.1. The smallest absolute Gasteiger partial charge is 0.308 e. The molecule has 100 valence electrons. The second kappa shape index (κ2) is 6.48. The highest BCUT2D eigenvalue weighted by molar-refractivity contribution is 6.31. The van der Waals surface area contributed by atoms with E-state index in [1.165, 1.54) is 6.20 Å². The van der Waals surface area contributed by atoms with Crippen LogP contribution < -0.4 is 5.73 Å². The first-order valence-electron chi connectivity index (χ1n) is 5.25. The first kappa shape index (κ1) is 14.6. The molecular weight excluding hydrogens is 262 g/mol. The van der Waals surface area contributed by atoms with E-state index < -0.39 is 18.2 Å². The number of hydrogen-bond donors (Lipinski definition) is 3. The lowest BCUT2D eigenvalue weighted by Gasteiger charge is -2.16. The summed E-state index contributed by atoms with van der Waals surface area (Å²) in [6, 6.07) is 0. The zero-order valence-electron chi connectivity index (χ0n) is 9.71. The van der Waals surface area contributed by atoms with E-state index in [1.54, 1.807) is 6.92 Å². The number of nitrogen functional groups attached to an aromatic ring is 1. The predicted molar refractivity (Wildman–Crippen MR) is 63.7 cm³/mol. The SMILES string of the molecule is CCOC(=O)CC(O)C(O)c1cnc(N)c(Cl)n1. The van der Waals surface area contributed by atoms with E-state index in [-0.39, 0.29) is 29.7 Å². The summed E-state index contributed by atoms with van der Waals surface area (Å²) in [5.74, 6) is -0.592. The average Bonchev–Trinajstić information content (AvgIpc) is 2.32. The van der Waals surface area contributed by atoms with Crippen molar-refractivity contribution in [1.29, 1.82) is 0 Å². The lowest BCUT2D eigenvalue weighted by Crippen LogP contribution is -2.24. The van der Waals surface area contributed by atoms with Crippen LogP contribution in [0.1, 0.15) is 25.1 Å². The number of rotatable bonds is 5. The minimum atomic E-state index is -1.39. The van der Waals surface area contributed by atoms with Gasteiger partial charge in [0.25, 0.3) is 0 Å². The summed E-state index contributed by atoms with van der Waals surface area (Å²) in [4.78, 5) is 18.6. The summed E-state index contributed by atoms with van der Waals surface area (Å²) < 4.78 is 4.65. The Labute approximate surface area is 109 Å². The predicted octanol–water partition coefficient (Wildman–Crippen LogP) is 0.0597. The number of nitrogens with zero attached hydrogens (tertiary/aromatic N) is 2. The van der Waals surface area contributed by atoms with Gasteiger partial charge in [-0.15, -0.1) is 0 Å². The molecule has 1 aromatic heterocycles. The van der Waals surface area contributed by atoms with E-state index in [4.69, 9.17) is 17.3 Å². The largest absolute Gasteiger partial charge is 0.466 e. The number of carbonyl (C=O) groups excluding carboxylic acids is 1. The molecule has 0 saturated carbocycles. The number of anilines is 1. The second-order valence-electron chi connectivity index (χ2n) is 3.49. The fourth-order valence-corrected chi connectivity index (χ4v) is 1.38. The molecule has 0 radical (unpaired) electrons. The first-order valence-corrected chi connectivity index (χ1v) is 5.63. The van der Waals surface area contributed by atoms with Crippen molar-refractivity contribution >= 4 is 23.4 Å². The third kappa shape index (κ3) is 3.80. The third-order valence-corrected chi connectivity index (χ3v) is 2.40. The Hall–Kier alpha value is -1.44. The van der Waals surface area contributed by atoms with Crippen LogP contribution in [-0.4, -0.2) is 38.9 Å². The highest BCUT2D eigenvalue weighted by Crippen LogP contribution is 2.20. The van der Waals surface area contributed by atoms with Gasteiger partial charge in [-0.2, -0.15) is 0 Å². The number of ether oxygens (including phenoxy) is 1. The average molecular weight is 276 g/mol. The van der Waals surface area contributed by atoms with Crippen LogP contribution in [-0.2, 0) is 9.53 Å². The van der Waals surface area contributed by atoms with E-state index in [2.05, 4.69) is 14.7 Å². The van der Waals surface area contributed by atoms with Crippen molar-refractivity contribution in [1.82, 2.24) is 9.97 Å². The molecule has 7 nitrogen and oxygen atoms in total. The quantitative estimate of drug-likeness (QED) is 0.650. The van der Waals surface area contributed by atoms with E-state index in [0.717, 1.165) is 0 Å². The molecule has 1 rings (SSSR count). The van der Waals surface area contributed by atoms with Gasteiger partial charge >= 0.3 is 5.97 Å². The minimum Gasteiger partial charge on any atom is -0.466 e.